The summed E-state index contributed by atoms with van der Waals surface area (Å²) < 4.78 is 0.932. The van der Waals surface area contributed by atoms with Crippen molar-refractivity contribution in [3.63, 3.8) is 0 Å². The van der Waals surface area contributed by atoms with E-state index >= 15 is 0 Å². The van der Waals surface area contributed by atoms with Crippen molar-refractivity contribution in [1.29, 1.82) is 0 Å². The molecule has 1 aliphatic heterocycles. The highest BCUT2D eigenvalue weighted by atomic mass is 79.9. The fraction of sp³-hybridized carbons (Fsp3) is 0.462. The molecule has 1 aromatic rings. The predicted octanol–water partition coefficient (Wildman–Crippen LogP) is 2.56. The van der Waals surface area contributed by atoms with Gasteiger partial charge in [-0.3, -0.25) is 4.79 Å². The first-order valence-electron chi connectivity index (χ1n) is 6.16. The maximum Gasteiger partial charge on any atom is 0.252 e. The van der Waals surface area contributed by atoms with E-state index < -0.39 is 0 Å². The Hall–Kier alpha value is -0.520. The normalized spacial score (nSPS) is 15.9. The van der Waals surface area contributed by atoms with Crippen molar-refractivity contribution in [1.82, 2.24) is 10.2 Å². The molecule has 0 aromatic heterocycles. The molecule has 0 bridgehead atoms. The average molecular weight is 329 g/mol. The first kappa shape index (κ1) is 13.9. The van der Waals surface area contributed by atoms with Crippen LogP contribution in [-0.4, -0.2) is 37.0 Å². The minimum atomic E-state index is -0.0494. The SMILES string of the molecule is O=C(NCCN1CCCC1)c1ccc(Br)cc1S. The molecule has 3 nitrogen and oxygen atoms in total. The summed E-state index contributed by atoms with van der Waals surface area (Å²) in [6.07, 6.45) is 2.56. The highest BCUT2D eigenvalue weighted by molar-refractivity contribution is 9.10. The maximum absolute atomic E-state index is 12.0. The third-order valence-corrected chi connectivity index (χ3v) is 3.98. The van der Waals surface area contributed by atoms with Crippen LogP contribution in [0.5, 0.6) is 0 Å². The summed E-state index contributed by atoms with van der Waals surface area (Å²) in [5, 5.41) is 2.94. The number of carbonyl (C=O) groups is 1. The third kappa shape index (κ3) is 3.73. The van der Waals surface area contributed by atoms with Crippen LogP contribution in [0.4, 0.5) is 0 Å². The van der Waals surface area contributed by atoms with E-state index in [0.29, 0.717) is 17.0 Å². The largest absolute Gasteiger partial charge is 0.351 e. The molecule has 1 aliphatic rings. The van der Waals surface area contributed by atoms with E-state index in [4.69, 9.17) is 0 Å². The molecule has 0 saturated carbocycles. The number of halogens is 1. The number of thiol groups is 1. The van der Waals surface area contributed by atoms with Gasteiger partial charge < -0.3 is 10.2 Å². The van der Waals surface area contributed by atoms with Crippen LogP contribution in [0.15, 0.2) is 27.6 Å². The van der Waals surface area contributed by atoms with Crippen LogP contribution in [0, 0.1) is 0 Å². The van der Waals surface area contributed by atoms with Crippen molar-refractivity contribution >= 4 is 34.5 Å². The molecule has 0 radical (unpaired) electrons. The lowest BCUT2D eigenvalue weighted by atomic mass is 10.2. The lowest BCUT2D eigenvalue weighted by Gasteiger charge is -2.15. The van der Waals surface area contributed by atoms with Gasteiger partial charge in [-0.25, -0.2) is 0 Å². The fourth-order valence-corrected chi connectivity index (χ4v) is 2.98. The van der Waals surface area contributed by atoms with Crippen LogP contribution < -0.4 is 5.32 Å². The molecule has 1 saturated heterocycles. The van der Waals surface area contributed by atoms with Crippen molar-refractivity contribution in [2.45, 2.75) is 17.7 Å². The quantitative estimate of drug-likeness (QED) is 0.832. The Morgan fingerprint density at radius 2 is 2.11 bits per heavy atom. The number of nitrogens with zero attached hydrogens (tertiary/aromatic N) is 1. The van der Waals surface area contributed by atoms with Gasteiger partial charge in [0.15, 0.2) is 0 Å². The molecule has 0 spiro atoms. The van der Waals surface area contributed by atoms with Crippen LogP contribution in [0.3, 0.4) is 0 Å². The topological polar surface area (TPSA) is 32.3 Å². The molecule has 0 aliphatic carbocycles. The molecule has 0 unspecified atom stereocenters. The fourth-order valence-electron chi connectivity index (χ4n) is 2.13. The third-order valence-electron chi connectivity index (χ3n) is 3.12. The second kappa shape index (κ2) is 6.59. The van der Waals surface area contributed by atoms with Crippen LogP contribution in [-0.2, 0) is 0 Å². The van der Waals surface area contributed by atoms with Crippen molar-refractivity contribution in [3.05, 3.63) is 28.2 Å². The van der Waals surface area contributed by atoms with Crippen molar-refractivity contribution in [3.8, 4) is 0 Å². The minimum absolute atomic E-state index is 0.0494. The molecular formula is C13H17BrN2OS. The molecular weight excluding hydrogens is 312 g/mol. The smallest absolute Gasteiger partial charge is 0.252 e. The van der Waals surface area contributed by atoms with Gasteiger partial charge in [-0.1, -0.05) is 15.9 Å². The Morgan fingerprint density at radius 1 is 1.39 bits per heavy atom. The van der Waals surface area contributed by atoms with Gasteiger partial charge in [0.2, 0.25) is 0 Å². The standard InChI is InChI=1S/C13H17BrN2OS/c14-10-3-4-11(12(18)9-10)13(17)15-5-8-16-6-1-2-7-16/h3-4,9,18H,1-2,5-8H2,(H,15,17). The molecule has 2 rings (SSSR count). The molecule has 1 heterocycles. The van der Waals surface area contributed by atoms with Gasteiger partial charge in [-0.15, -0.1) is 12.6 Å². The summed E-state index contributed by atoms with van der Waals surface area (Å²) in [5.41, 5.74) is 0.628. The summed E-state index contributed by atoms with van der Waals surface area (Å²) in [7, 11) is 0. The van der Waals surface area contributed by atoms with Crippen LogP contribution in [0.25, 0.3) is 0 Å². The number of likely N-dealkylation sites (tertiary alicyclic amines) is 1. The summed E-state index contributed by atoms with van der Waals surface area (Å²) in [6, 6.07) is 5.48. The number of amides is 1. The summed E-state index contributed by atoms with van der Waals surface area (Å²) in [4.78, 5) is 15.0. The Labute approximate surface area is 121 Å². The minimum Gasteiger partial charge on any atom is -0.351 e. The average Bonchev–Trinajstić information content (AvgIpc) is 2.81. The van der Waals surface area contributed by atoms with E-state index in [9.17, 15) is 4.79 Å². The van der Waals surface area contributed by atoms with Crippen molar-refractivity contribution < 1.29 is 4.79 Å². The van der Waals surface area contributed by atoms with Crippen LogP contribution in [0.2, 0.25) is 0 Å². The summed E-state index contributed by atoms with van der Waals surface area (Å²) in [6.45, 7) is 3.95. The second-order valence-corrected chi connectivity index (χ2v) is 5.86. The molecule has 5 heteroatoms. The predicted molar refractivity (Wildman–Crippen MR) is 79.4 cm³/mol. The van der Waals surface area contributed by atoms with Crippen LogP contribution in [0.1, 0.15) is 23.2 Å². The van der Waals surface area contributed by atoms with E-state index in [0.717, 1.165) is 24.1 Å². The number of rotatable bonds is 4. The zero-order chi connectivity index (χ0) is 13.0. The van der Waals surface area contributed by atoms with Gasteiger partial charge in [0.05, 0.1) is 5.56 Å². The molecule has 1 amide bonds. The molecule has 98 valence electrons. The van der Waals surface area contributed by atoms with Gasteiger partial charge >= 0.3 is 0 Å². The molecule has 18 heavy (non-hydrogen) atoms. The Balaban J connectivity index is 1.83. The van der Waals surface area contributed by atoms with Gasteiger partial charge in [-0.05, 0) is 44.1 Å². The zero-order valence-electron chi connectivity index (χ0n) is 10.2. The lowest BCUT2D eigenvalue weighted by molar-refractivity contribution is 0.0947. The van der Waals surface area contributed by atoms with Crippen molar-refractivity contribution in [2.24, 2.45) is 0 Å². The van der Waals surface area contributed by atoms with E-state index in [1.54, 1.807) is 6.07 Å². The van der Waals surface area contributed by atoms with Crippen LogP contribution >= 0.6 is 28.6 Å². The maximum atomic E-state index is 12.0. The highest BCUT2D eigenvalue weighted by Crippen LogP contribution is 2.19. The first-order chi connectivity index (χ1) is 8.66. The molecule has 1 aromatic carbocycles. The Bertz CT molecular complexity index is 433. The lowest BCUT2D eigenvalue weighted by Crippen LogP contribution is -2.33. The second-order valence-electron chi connectivity index (χ2n) is 4.47. The van der Waals surface area contributed by atoms with Gasteiger partial charge in [0.25, 0.3) is 5.91 Å². The molecule has 0 atom stereocenters. The number of hydrogen-bond acceptors (Lipinski definition) is 3. The van der Waals surface area contributed by atoms with E-state index in [-0.39, 0.29) is 5.91 Å². The number of carbonyl (C=O) groups excluding carboxylic acids is 1. The van der Waals surface area contributed by atoms with Gasteiger partial charge in [0, 0.05) is 22.5 Å². The summed E-state index contributed by atoms with van der Waals surface area (Å²) >= 11 is 7.67. The van der Waals surface area contributed by atoms with Crippen molar-refractivity contribution in [2.75, 3.05) is 26.2 Å². The monoisotopic (exact) mass is 328 g/mol. The molecule has 1 N–H and O–H groups in total. The van der Waals surface area contributed by atoms with E-state index in [2.05, 4.69) is 38.8 Å². The first-order valence-corrected chi connectivity index (χ1v) is 7.40. The highest BCUT2D eigenvalue weighted by Gasteiger charge is 2.12. The van der Waals surface area contributed by atoms with E-state index in [1.165, 1.54) is 12.8 Å². The van der Waals surface area contributed by atoms with Gasteiger partial charge in [-0.2, -0.15) is 0 Å². The zero-order valence-corrected chi connectivity index (χ0v) is 12.6. The number of hydrogen-bond donors (Lipinski definition) is 2. The Morgan fingerprint density at radius 3 is 2.78 bits per heavy atom. The number of nitrogens with one attached hydrogen (secondary N) is 1. The van der Waals surface area contributed by atoms with E-state index in [1.807, 2.05) is 12.1 Å². The summed E-state index contributed by atoms with van der Waals surface area (Å²) in [5.74, 6) is -0.0494. The number of benzene rings is 1. The Kier molecular flexibility index (Phi) is 5.09. The molecule has 1 fully saturated rings. The van der Waals surface area contributed by atoms with Gasteiger partial charge in [0.1, 0.15) is 0 Å².